The lowest BCUT2D eigenvalue weighted by atomic mass is 10.0. The first-order valence-corrected chi connectivity index (χ1v) is 3.60. The quantitative estimate of drug-likeness (QED) is 0.126. The molecule has 0 aromatic heterocycles. The summed E-state index contributed by atoms with van der Waals surface area (Å²) in [5.41, 5.74) is 12.0. The van der Waals surface area contributed by atoms with Gasteiger partial charge in [-0.2, -0.15) is 0 Å². The highest BCUT2D eigenvalue weighted by atomic mass is 16.2. The largest absolute Gasteiger partial charge is 0.323 e. The molecule has 13 heavy (non-hydrogen) atoms. The zero-order valence-electron chi connectivity index (χ0n) is 7.29. The molecule has 0 aliphatic rings. The van der Waals surface area contributed by atoms with E-state index in [9.17, 15) is 4.79 Å². The number of hydrazine groups is 1. The number of hydrogen-bond donors (Lipinski definition) is 6. The SMILES string of the molecule is CC(N)C(=N)C(N)C(=N)C(=O)NN. The van der Waals surface area contributed by atoms with E-state index in [2.05, 4.69) is 0 Å². The molecular weight excluding hydrogens is 172 g/mol. The van der Waals surface area contributed by atoms with E-state index in [4.69, 9.17) is 28.1 Å². The second-order valence-electron chi connectivity index (χ2n) is 2.61. The third kappa shape index (κ3) is 2.90. The maximum atomic E-state index is 10.8. The van der Waals surface area contributed by atoms with Crippen LogP contribution in [-0.4, -0.2) is 29.4 Å². The highest BCUT2D eigenvalue weighted by molar-refractivity contribution is 6.43. The maximum Gasteiger partial charge on any atom is 0.280 e. The predicted molar refractivity (Wildman–Crippen MR) is 49.4 cm³/mol. The second kappa shape index (κ2) is 4.65. The molecule has 7 heteroatoms. The molecule has 0 saturated carbocycles. The highest BCUT2D eigenvalue weighted by Crippen LogP contribution is 1.90. The molecule has 0 aliphatic carbocycles. The molecule has 0 fully saturated rings. The second-order valence-corrected chi connectivity index (χ2v) is 2.61. The van der Waals surface area contributed by atoms with Gasteiger partial charge in [-0.1, -0.05) is 0 Å². The van der Waals surface area contributed by atoms with E-state index in [-0.39, 0.29) is 5.71 Å². The summed E-state index contributed by atoms with van der Waals surface area (Å²) in [7, 11) is 0. The predicted octanol–water partition coefficient (Wildman–Crippen LogP) is -2.31. The molecule has 0 radical (unpaired) electrons. The average molecular weight is 186 g/mol. The molecule has 0 aromatic carbocycles. The number of amides is 1. The fraction of sp³-hybridized carbons (Fsp3) is 0.500. The van der Waals surface area contributed by atoms with Crippen LogP contribution < -0.4 is 22.7 Å². The fourth-order valence-electron chi connectivity index (χ4n) is 0.658. The molecule has 0 aromatic rings. The van der Waals surface area contributed by atoms with Crippen LogP contribution in [0.15, 0.2) is 0 Å². The Labute approximate surface area is 75.6 Å². The summed E-state index contributed by atoms with van der Waals surface area (Å²) in [5.74, 6) is 3.98. The Morgan fingerprint density at radius 3 is 2.15 bits per heavy atom. The van der Waals surface area contributed by atoms with Crippen LogP contribution in [-0.2, 0) is 4.79 Å². The normalized spacial score (nSPS) is 14.5. The van der Waals surface area contributed by atoms with Crippen molar-refractivity contribution in [1.82, 2.24) is 5.43 Å². The summed E-state index contributed by atoms with van der Waals surface area (Å²) in [6.45, 7) is 1.55. The lowest BCUT2D eigenvalue weighted by Crippen LogP contribution is -2.52. The minimum Gasteiger partial charge on any atom is -0.323 e. The van der Waals surface area contributed by atoms with Gasteiger partial charge in [0.05, 0.1) is 6.04 Å². The van der Waals surface area contributed by atoms with Crippen molar-refractivity contribution in [2.45, 2.75) is 19.0 Å². The van der Waals surface area contributed by atoms with E-state index in [0.717, 1.165) is 0 Å². The number of rotatable bonds is 4. The van der Waals surface area contributed by atoms with Gasteiger partial charge in [0.15, 0.2) is 0 Å². The van der Waals surface area contributed by atoms with Crippen molar-refractivity contribution in [2.75, 3.05) is 0 Å². The number of carbonyl (C=O) groups is 1. The molecule has 0 saturated heterocycles. The van der Waals surface area contributed by atoms with Crippen molar-refractivity contribution in [3.63, 3.8) is 0 Å². The van der Waals surface area contributed by atoms with E-state index >= 15 is 0 Å². The number of nitrogens with one attached hydrogen (secondary N) is 3. The van der Waals surface area contributed by atoms with Gasteiger partial charge in [0.2, 0.25) is 0 Å². The van der Waals surface area contributed by atoms with Crippen molar-refractivity contribution in [3.05, 3.63) is 0 Å². The van der Waals surface area contributed by atoms with Gasteiger partial charge < -0.3 is 16.9 Å². The monoisotopic (exact) mass is 186 g/mol. The molecule has 0 rings (SSSR count). The van der Waals surface area contributed by atoms with Gasteiger partial charge in [-0.15, -0.1) is 0 Å². The van der Waals surface area contributed by atoms with Gasteiger partial charge in [0, 0.05) is 11.8 Å². The lowest BCUT2D eigenvalue weighted by molar-refractivity contribution is -0.115. The summed E-state index contributed by atoms with van der Waals surface area (Å²) in [5, 5.41) is 14.5. The van der Waals surface area contributed by atoms with Gasteiger partial charge in [0.1, 0.15) is 5.71 Å². The first-order valence-electron chi connectivity index (χ1n) is 3.60. The molecule has 0 heterocycles. The Bertz CT molecular complexity index is 235. The first kappa shape index (κ1) is 11.7. The Kier molecular flexibility index (Phi) is 4.18. The fourth-order valence-corrected chi connectivity index (χ4v) is 0.658. The van der Waals surface area contributed by atoms with E-state index < -0.39 is 23.7 Å². The van der Waals surface area contributed by atoms with Crippen molar-refractivity contribution in [3.8, 4) is 0 Å². The third-order valence-corrected chi connectivity index (χ3v) is 1.51. The molecule has 74 valence electrons. The van der Waals surface area contributed by atoms with E-state index in [1.54, 1.807) is 12.3 Å². The van der Waals surface area contributed by atoms with Gasteiger partial charge in [-0.25, -0.2) is 5.84 Å². The average Bonchev–Trinajstić information content (AvgIpc) is 2.12. The third-order valence-electron chi connectivity index (χ3n) is 1.51. The molecule has 0 aliphatic heterocycles. The van der Waals surface area contributed by atoms with Crippen LogP contribution in [0.3, 0.4) is 0 Å². The molecule has 2 unspecified atom stereocenters. The molecule has 9 N–H and O–H groups in total. The minimum absolute atomic E-state index is 0.0754. The number of carbonyl (C=O) groups excluding carboxylic acids is 1. The number of hydrogen-bond acceptors (Lipinski definition) is 6. The first-order chi connectivity index (χ1) is 5.91. The van der Waals surface area contributed by atoms with Crippen molar-refractivity contribution >= 4 is 17.3 Å². The molecule has 2 atom stereocenters. The lowest BCUT2D eigenvalue weighted by Gasteiger charge is -2.15. The van der Waals surface area contributed by atoms with Crippen LogP contribution in [0.25, 0.3) is 0 Å². The van der Waals surface area contributed by atoms with Crippen LogP contribution in [0.1, 0.15) is 6.92 Å². The summed E-state index contributed by atoms with van der Waals surface area (Å²) in [6, 6.07) is -1.68. The zero-order valence-corrected chi connectivity index (χ0v) is 7.29. The highest BCUT2D eigenvalue weighted by Gasteiger charge is 2.22. The van der Waals surface area contributed by atoms with E-state index in [1.165, 1.54) is 0 Å². The Balaban J connectivity index is 4.43. The van der Waals surface area contributed by atoms with Crippen LogP contribution in [0, 0.1) is 10.8 Å². The topological polar surface area (TPSA) is 155 Å². The van der Waals surface area contributed by atoms with Crippen LogP contribution in [0.5, 0.6) is 0 Å². The summed E-state index contributed by atoms with van der Waals surface area (Å²) in [6.07, 6.45) is 0. The maximum absolute atomic E-state index is 10.8. The smallest absolute Gasteiger partial charge is 0.280 e. The standard InChI is InChI=1S/C6H14N6O/c1-2(7)3(8)4(9)5(10)6(13)12-11/h2,4,8,10H,7,9,11H2,1H3,(H,12,13). The summed E-state index contributed by atoms with van der Waals surface area (Å²) >= 11 is 0. The minimum atomic E-state index is -1.09. The Morgan fingerprint density at radius 1 is 1.38 bits per heavy atom. The van der Waals surface area contributed by atoms with Crippen LogP contribution >= 0.6 is 0 Å². The van der Waals surface area contributed by atoms with E-state index in [0.29, 0.717) is 0 Å². The van der Waals surface area contributed by atoms with Crippen molar-refractivity contribution < 1.29 is 4.79 Å². The zero-order chi connectivity index (χ0) is 10.6. The summed E-state index contributed by atoms with van der Waals surface area (Å²) < 4.78 is 0. The Hall–Kier alpha value is -1.31. The Morgan fingerprint density at radius 2 is 1.85 bits per heavy atom. The number of nitrogens with two attached hydrogens (primary N) is 3. The van der Waals surface area contributed by atoms with Crippen LogP contribution in [0.2, 0.25) is 0 Å². The van der Waals surface area contributed by atoms with Crippen molar-refractivity contribution in [1.29, 1.82) is 10.8 Å². The molecule has 7 nitrogen and oxygen atoms in total. The van der Waals surface area contributed by atoms with Gasteiger partial charge in [-0.3, -0.25) is 15.6 Å². The van der Waals surface area contributed by atoms with Gasteiger partial charge >= 0.3 is 0 Å². The van der Waals surface area contributed by atoms with E-state index in [1.807, 2.05) is 0 Å². The molecule has 1 amide bonds. The van der Waals surface area contributed by atoms with Crippen molar-refractivity contribution in [2.24, 2.45) is 17.3 Å². The van der Waals surface area contributed by atoms with Gasteiger partial charge in [0.25, 0.3) is 5.91 Å². The van der Waals surface area contributed by atoms with Crippen LogP contribution in [0.4, 0.5) is 0 Å². The van der Waals surface area contributed by atoms with Gasteiger partial charge in [-0.05, 0) is 6.92 Å². The molecule has 0 spiro atoms. The molecular formula is C6H14N6O. The summed E-state index contributed by atoms with van der Waals surface area (Å²) in [4.78, 5) is 10.8. The molecule has 0 bridgehead atoms.